The molecule has 26 heavy (non-hydrogen) atoms. The Morgan fingerprint density at radius 3 is 2.46 bits per heavy atom. The first-order valence-corrected chi connectivity index (χ1v) is 8.25. The third-order valence-electron chi connectivity index (χ3n) is 3.31. The number of hydrogen-bond acceptors (Lipinski definition) is 5. The Labute approximate surface area is 149 Å². The predicted molar refractivity (Wildman–Crippen MR) is 86.2 cm³/mol. The number of ketones is 1. The Bertz CT molecular complexity index is 926. The Balaban J connectivity index is 1.75. The molecule has 0 spiro atoms. The van der Waals surface area contributed by atoms with Crippen LogP contribution in [0.4, 0.5) is 17.6 Å². The summed E-state index contributed by atoms with van der Waals surface area (Å²) in [6, 6.07) is 12.5. The summed E-state index contributed by atoms with van der Waals surface area (Å²) in [7, 11) is 0. The quantitative estimate of drug-likeness (QED) is 0.358. The highest BCUT2D eigenvalue weighted by molar-refractivity contribution is 8.00. The van der Waals surface area contributed by atoms with Gasteiger partial charge in [-0.1, -0.05) is 29.4 Å². The van der Waals surface area contributed by atoms with E-state index in [-0.39, 0.29) is 16.9 Å². The van der Waals surface area contributed by atoms with Gasteiger partial charge in [-0.2, -0.15) is 18.2 Å². The van der Waals surface area contributed by atoms with E-state index < -0.39 is 29.5 Å². The van der Waals surface area contributed by atoms with Gasteiger partial charge in [-0.15, -0.1) is 11.8 Å². The molecule has 0 atom stereocenters. The second-order valence-corrected chi connectivity index (χ2v) is 6.19. The van der Waals surface area contributed by atoms with Crippen molar-refractivity contribution in [1.82, 2.24) is 10.1 Å². The molecule has 0 aliphatic heterocycles. The molecule has 134 valence electrons. The number of benzene rings is 2. The number of nitrogens with zero attached hydrogens (tertiary/aromatic N) is 2. The van der Waals surface area contributed by atoms with Gasteiger partial charge in [-0.25, -0.2) is 4.39 Å². The van der Waals surface area contributed by atoms with Crippen LogP contribution in [0.2, 0.25) is 0 Å². The molecule has 0 bridgehead atoms. The molecule has 0 fully saturated rings. The van der Waals surface area contributed by atoms with Gasteiger partial charge in [0.15, 0.2) is 5.78 Å². The fourth-order valence-electron chi connectivity index (χ4n) is 2.08. The summed E-state index contributed by atoms with van der Waals surface area (Å²) in [5.74, 6) is -3.20. The van der Waals surface area contributed by atoms with Gasteiger partial charge in [0, 0.05) is 10.5 Å². The van der Waals surface area contributed by atoms with Crippen LogP contribution in [0, 0.1) is 5.82 Å². The van der Waals surface area contributed by atoms with Crippen molar-refractivity contribution in [2.75, 3.05) is 5.75 Å². The Hall–Kier alpha value is -2.68. The summed E-state index contributed by atoms with van der Waals surface area (Å²) in [6.45, 7) is 0. The summed E-state index contributed by atoms with van der Waals surface area (Å²) in [4.78, 5) is 16.2. The minimum Gasteiger partial charge on any atom is -0.329 e. The molecule has 3 aromatic rings. The number of carbonyl (C=O) groups excluding carboxylic acids is 1. The fourth-order valence-corrected chi connectivity index (χ4v) is 2.88. The van der Waals surface area contributed by atoms with Gasteiger partial charge in [0.05, 0.1) is 11.3 Å². The molecular weight excluding hydrogens is 372 g/mol. The summed E-state index contributed by atoms with van der Waals surface area (Å²) in [6.07, 6.45) is -4.78. The predicted octanol–water partition coefficient (Wildman–Crippen LogP) is 4.87. The standard InChI is InChI=1S/C17H10F4N2O2S/c18-13-8-10(15-22-16(25-23-15)17(19,20)21)6-7-12(13)14(24)9-26-11-4-2-1-3-5-11/h1-8H,9H2. The van der Waals surface area contributed by atoms with Crippen LogP contribution >= 0.6 is 11.8 Å². The zero-order valence-corrected chi connectivity index (χ0v) is 13.8. The number of alkyl halides is 3. The van der Waals surface area contributed by atoms with Crippen LogP contribution < -0.4 is 0 Å². The zero-order valence-electron chi connectivity index (χ0n) is 13.0. The van der Waals surface area contributed by atoms with Crippen molar-refractivity contribution in [2.24, 2.45) is 0 Å². The second-order valence-electron chi connectivity index (χ2n) is 5.14. The lowest BCUT2D eigenvalue weighted by Crippen LogP contribution is -2.06. The van der Waals surface area contributed by atoms with Crippen LogP contribution in [0.1, 0.15) is 16.2 Å². The van der Waals surface area contributed by atoms with E-state index in [0.29, 0.717) is 0 Å². The molecule has 0 unspecified atom stereocenters. The summed E-state index contributed by atoms with van der Waals surface area (Å²) >= 11 is 1.26. The van der Waals surface area contributed by atoms with Crippen LogP contribution in [0.3, 0.4) is 0 Å². The molecule has 0 aliphatic carbocycles. The third-order valence-corrected chi connectivity index (χ3v) is 4.32. The maximum atomic E-state index is 14.2. The number of hydrogen-bond donors (Lipinski definition) is 0. The normalized spacial score (nSPS) is 11.5. The fraction of sp³-hybridized carbons (Fsp3) is 0.118. The van der Waals surface area contributed by atoms with Crippen molar-refractivity contribution in [3.63, 3.8) is 0 Å². The Morgan fingerprint density at radius 2 is 1.85 bits per heavy atom. The molecule has 1 heterocycles. The maximum absolute atomic E-state index is 14.2. The minimum absolute atomic E-state index is 0.0194. The largest absolute Gasteiger partial charge is 0.471 e. The summed E-state index contributed by atoms with van der Waals surface area (Å²) in [5.41, 5.74) is -0.175. The number of halogens is 4. The van der Waals surface area contributed by atoms with Crippen LogP contribution in [0.25, 0.3) is 11.4 Å². The first kappa shape index (κ1) is 18.1. The van der Waals surface area contributed by atoms with Crippen molar-refractivity contribution >= 4 is 17.5 Å². The second kappa shape index (κ2) is 7.28. The summed E-state index contributed by atoms with van der Waals surface area (Å²) in [5, 5.41) is 3.18. The molecule has 0 saturated carbocycles. The van der Waals surface area contributed by atoms with E-state index in [4.69, 9.17) is 0 Å². The van der Waals surface area contributed by atoms with E-state index in [1.807, 2.05) is 30.3 Å². The topological polar surface area (TPSA) is 56.0 Å². The minimum atomic E-state index is -4.78. The highest BCUT2D eigenvalue weighted by Crippen LogP contribution is 2.30. The van der Waals surface area contributed by atoms with Crippen LogP contribution in [-0.4, -0.2) is 21.7 Å². The Kier molecular flexibility index (Phi) is 5.08. The average molecular weight is 382 g/mol. The van der Waals surface area contributed by atoms with Crippen LogP contribution in [0.15, 0.2) is 57.9 Å². The van der Waals surface area contributed by atoms with Crippen LogP contribution in [-0.2, 0) is 6.18 Å². The van der Waals surface area contributed by atoms with Gasteiger partial charge in [-0.3, -0.25) is 4.79 Å². The monoisotopic (exact) mass is 382 g/mol. The van der Waals surface area contributed by atoms with Crippen LogP contribution in [0.5, 0.6) is 0 Å². The highest BCUT2D eigenvalue weighted by Gasteiger charge is 2.38. The van der Waals surface area contributed by atoms with Crippen molar-refractivity contribution in [3.05, 3.63) is 65.8 Å². The Morgan fingerprint density at radius 1 is 1.12 bits per heavy atom. The molecule has 0 N–H and O–H groups in total. The van der Waals surface area contributed by atoms with Gasteiger partial charge in [-0.05, 0) is 24.3 Å². The van der Waals surface area contributed by atoms with Crippen molar-refractivity contribution in [1.29, 1.82) is 0 Å². The van der Waals surface area contributed by atoms with Crippen molar-refractivity contribution in [3.8, 4) is 11.4 Å². The van der Waals surface area contributed by atoms with E-state index in [2.05, 4.69) is 14.7 Å². The lowest BCUT2D eigenvalue weighted by molar-refractivity contribution is -0.159. The molecule has 0 aliphatic rings. The molecule has 9 heteroatoms. The number of rotatable bonds is 5. The molecular formula is C17H10F4N2O2S. The smallest absolute Gasteiger partial charge is 0.329 e. The molecule has 2 aromatic carbocycles. The molecule has 0 amide bonds. The first-order valence-electron chi connectivity index (χ1n) is 7.26. The molecule has 0 radical (unpaired) electrons. The third kappa shape index (κ3) is 4.10. The zero-order chi connectivity index (χ0) is 18.7. The van der Waals surface area contributed by atoms with E-state index in [1.54, 1.807) is 0 Å². The van der Waals surface area contributed by atoms with Gasteiger partial charge < -0.3 is 4.52 Å². The van der Waals surface area contributed by atoms with E-state index in [1.165, 1.54) is 23.9 Å². The number of thioether (sulfide) groups is 1. The lowest BCUT2D eigenvalue weighted by Gasteiger charge is -2.04. The first-order chi connectivity index (χ1) is 12.3. The number of aromatic nitrogens is 2. The molecule has 4 nitrogen and oxygen atoms in total. The maximum Gasteiger partial charge on any atom is 0.471 e. The molecule has 0 saturated heterocycles. The van der Waals surface area contributed by atoms with E-state index in [9.17, 15) is 22.4 Å². The number of Topliss-reactive ketones (excluding diaryl/α,β-unsaturated/α-hetero) is 1. The van der Waals surface area contributed by atoms with Gasteiger partial charge in [0.2, 0.25) is 5.82 Å². The highest BCUT2D eigenvalue weighted by atomic mass is 32.2. The van der Waals surface area contributed by atoms with Crippen molar-refractivity contribution < 1.29 is 26.9 Å². The van der Waals surface area contributed by atoms with Crippen molar-refractivity contribution in [2.45, 2.75) is 11.1 Å². The van der Waals surface area contributed by atoms with Gasteiger partial charge >= 0.3 is 12.1 Å². The SMILES string of the molecule is O=C(CSc1ccccc1)c1ccc(-c2noc(C(F)(F)F)n2)cc1F. The molecule has 1 aromatic heterocycles. The molecule has 3 rings (SSSR count). The van der Waals surface area contributed by atoms with Gasteiger partial charge in [0.1, 0.15) is 5.82 Å². The van der Waals surface area contributed by atoms with E-state index >= 15 is 0 Å². The van der Waals surface area contributed by atoms with Gasteiger partial charge in [0.25, 0.3) is 0 Å². The average Bonchev–Trinajstić information content (AvgIpc) is 3.11. The lowest BCUT2D eigenvalue weighted by atomic mass is 10.1. The summed E-state index contributed by atoms with van der Waals surface area (Å²) < 4.78 is 55.7. The van der Waals surface area contributed by atoms with E-state index in [0.717, 1.165) is 11.0 Å². The number of carbonyl (C=O) groups is 1.